The zero-order valence-electron chi connectivity index (χ0n) is 11.7. The van der Waals surface area contributed by atoms with E-state index in [1.54, 1.807) is 0 Å². The largest absolute Gasteiger partial charge is 0.293 e. The van der Waals surface area contributed by atoms with Crippen LogP contribution < -0.4 is 0 Å². The second-order valence-corrected chi connectivity index (χ2v) is 5.80. The number of hydrogen-bond acceptors (Lipinski definition) is 2. The molecule has 2 heteroatoms. The summed E-state index contributed by atoms with van der Waals surface area (Å²) in [7, 11) is 2.11. The molecule has 2 bridgehead atoms. The molecule has 0 amide bonds. The number of rotatable bonds is 2. The number of hydrogen-bond donors (Lipinski definition) is 0. The lowest BCUT2D eigenvalue weighted by Crippen LogP contribution is -2.44. The molecular formula is C17H21NO. The van der Waals surface area contributed by atoms with Gasteiger partial charge in [-0.05, 0) is 43.0 Å². The topological polar surface area (TPSA) is 20.3 Å². The lowest BCUT2D eigenvalue weighted by atomic mass is 9.91. The summed E-state index contributed by atoms with van der Waals surface area (Å²) in [6.45, 7) is 2.24. The number of carbonyl (C=O) groups excluding carboxylic acids is 1. The highest BCUT2D eigenvalue weighted by Crippen LogP contribution is 2.40. The van der Waals surface area contributed by atoms with Crippen molar-refractivity contribution in [2.45, 2.75) is 38.3 Å². The summed E-state index contributed by atoms with van der Waals surface area (Å²) in [6.07, 6.45) is 5.23. The van der Waals surface area contributed by atoms with Gasteiger partial charge in [0.05, 0.1) is 6.04 Å². The highest BCUT2D eigenvalue weighted by atomic mass is 16.1. The molecule has 0 unspecified atom stereocenters. The fourth-order valence-electron chi connectivity index (χ4n) is 3.64. The van der Waals surface area contributed by atoms with Crippen LogP contribution in [-0.2, 0) is 4.79 Å². The molecule has 0 N–H and O–H groups in total. The number of carbonyl (C=O) groups is 1. The summed E-state index contributed by atoms with van der Waals surface area (Å²) in [5.74, 6) is 1.03. The molecule has 100 valence electrons. The summed E-state index contributed by atoms with van der Waals surface area (Å²) in [5.41, 5.74) is 2.16. The van der Waals surface area contributed by atoms with E-state index in [1.165, 1.54) is 6.42 Å². The van der Waals surface area contributed by atoms with Crippen molar-refractivity contribution < 1.29 is 4.79 Å². The fourth-order valence-corrected chi connectivity index (χ4v) is 3.64. The average molecular weight is 255 g/mol. The standard InChI is InChI=1S/C17H21NO/c1-3-13-10-16-17(19)14(11-15(13)18(16)2)9-12-7-5-4-6-8-12/h4-9,13,15-16H,3,10-11H2,1-2H3/b14-9+/t13-,15+,16+/m0/s1. The van der Waals surface area contributed by atoms with Crippen LogP contribution in [0.5, 0.6) is 0 Å². The molecule has 0 saturated carbocycles. The number of benzene rings is 1. The van der Waals surface area contributed by atoms with Gasteiger partial charge in [-0.2, -0.15) is 0 Å². The van der Waals surface area contributed by atoms with E-state index < -0.39 is 0 Å². The quantitative estimate of drug-likeness (QED) is 0.757. The van der Waals surface area contributed by atoms with Gasteiger partial charge in [0.15, 0.2) is 5.78 Å². The van der Waals surface area contributed by atoms with Crippen molar-refractivity contribution in [2.75, 3.05) is 7.05 Å². The van der Waals surface area contributed by atoms with Gasteiger partial charge in [-0.15, -0.1) is 0 Å². The lowest BCUT2D eigenvalue weighted by molar-refractivity contribution is -0.121. The van der Waals surface area contributed by atoms with Gasteiger partial charge in [0.2, 0.25) is 0 Å². The van der Waals surface area contributed by atoms with E-state index in [4.69, 9.17) is 0 Å². The van der Waals surface area contributed by atoms with Crippen molar-refractivity contribution >= 4 is 11.9 Å². The molecule has 0 radical (unpaired) electrons. The Labute approximate surface area is 115 Å². The van der Waals surface area contributed by atoms with E-state index in [2.05, 4.69) is 37.1 Å². The number of Topliss-reactive ketones (excluding diaryl/α,β-unsaturated/α-hetero) is 1. The Bertz CT molecular complexity index is 505. The van der Waals surface area contributed by atoms with Crippen molar-refractivity contribution in [3.8, 4) is 0 Å². The first-order chi connectivity index (χ1) is 9.20. The highest BCUT2D eigenvalue weighted by molar-refractivity contribution is 6.04. The van der Waals surface area contributed by atoms with Crippen LogP contribution in [0, 0.1) is 5.92 Å². The molecule has 0 aromatic heterocycles. The van der Waals surface area contributed by atoms with Gasteiger partial charge in [0, 0.05) is 6.04 Å². The summed E-state index contributed by atoms with van der Waals surface area (Å²) < 4.78 is 0. The molecule has 2 heterocycles. The second-order valence-electron chi connectivity index (χ2n) is 5.80. The maximum absolute atomic E-state index is 12.5. The van der Waals surface area contributed by atoms with E-state index >= 15 is 0 Å². The van der Waals surface area contributed by atoms with Crippen LogP contribution in [0.1, 0.15) is 31.7 Å². The van der Waals surface area contributed by atoms with Crippen LogP contribution in [0.2, 0.25) is 0 Å². The third kappa shape index (κ3) is 2.14. The Morgan fingerprint density at radius 3 is 2.74 bits per heavy atom. The minimum Gasteiger partial charge on any atom is -0.293 e. The van der Waals surface area contributed by atoms with Crippen molar-refractivity contribution in [2.24, 2.45) is 5.92 Å². The van der Waals surface area contributed by atoms with E-state index in [-0.39, 0.29) is 6.04 Å². The molecule has 0 aliphatic carbocycles. The summed E-state index contributed by atoms with van der Waals surface area (Å²) in [5, 5.41) is 0. The van der Waals surface area contributed by atoms with Crippen LogP contribution in [0.15, 0.2) is 35.9 Å². The third-order valence-electron chi connectivity index (χ3n) is 4.80. The first-order valence-corrected chi connectivity index (χ1v) is 7.22. The van der Waals surface area contributed by atoms with Gasteiger partial charge in [-0.25, -0.2) is 0 Å². The van der Waals surface area contributed by atoms with Crippen molar-refractivity contribution in [1.29, 1.82) is 0 Å². The van der Waals surface area contributed by atoms with Gasteiger partial charge in [-0.1, -0.05) is 43.7 Å². The molecule has 1 aromatic carbocycles. The predicted molar refractivity (Wildman–Crippen MR) is 77.8 cm³/mol. The highest BCUT2D eigenvalue weighted by Gasteiger charge is 2.46. The average Bonchev–Trinajstić information content (AvgIpc) is 2.66. The van der Waals surface area contributed by atoms with Gasteiger partial charge >= 0.3 is 0 Å². The summed E-state index contributed by atoms with van der Waals surface area (Å²) >= 11 is 0. The van der Waals surface area contributed by atoms with Gasteiger partial charge < -0.3 is 0 Å². The van der Waals surface area contributed by atoms with Crippen molar-refractivity contribution in [3.05, 3.63) is 41.5 Å². The maximum Gasteiger partial charge on any atom is 0.176 e. The van der Waals surface area contributed by atoms with E-state index in [0.29, 0.717) is 17.7 Å². The second kappa shape index (κ2) is 4.93. The molecule has 2 fully saturated rings. The smallest absolute Gasteiger partial charge is 0.176 e. The normalized spacial score (nSPS) is 33.1. The van der Waals surface area contributed by atoms with Crippen LogP contribution in [0.25, 0.3) is 6.08 Å². The van der Waals surface area contributed by atoms with Crippen LogP contribution in [0.3, 0.4) is 0 Å². The van der Waals surface area contributed by atoms with Crippen LogP contribution >= 0.6 is 0 Å². The Hall–Kier alpha value is -1.41. The zero-order valence-corrected chi connectivity index (χ0v) is 11.7. The van der Waals surface area contributed by atoms with E-state index in [1.807, 2.05) is 18.2 Å². The molecular weight excluding hydrogens is 234 g/mol. The lowest BCUT2D eigenvalue weighted by Gasteiger charge is -2.32. The Balaban J connectivity index is 1.90. The van der Waals surface area contributed by atoms with Crippen molar-refractivity contribution in [3.63, 3.8) is 0 Å². The summed E-state index contributed by atoms with van der Waals surface area (Å²) in [4.78, 5) is 14.9. The van der Waals surface area contributed by atoms with Gasteiger partial charge in [0.1, 0.15) is 0 Å². The minimum absolute atomic E-state index is 0.124. The molecule has 19 heavy (non-hydrogen) atoms. The van der Waals surface area contributed by atoms with E-state index in [0.717, 1.165) is 24.0 Å². The van der Waals surface area contributed by atoms with Gasteiger partial charge in [0.25, 0.3) is 0 Å². The van der Waals surface area contributed by atoms with E-state index in [9.17, 15) is 4.79 Å². The molecule has 0 spiro atoms. The molecule has 3 atom stereocenters. The zero-order chi connectivity index (χ0) is 13.4. The molecule has 2 aliphatic heterocycles. The fraction of sp³-hybridized carbons (Fsp3) is 0.471. The monoisotopic (exact) mass is 255 g/mol. The minimum atomic E-state index is 0.124. The Kier molecular flexibility index (Phi) is 3.28. The predicted octanol–water partition coefficient (Wildman–Crippen LogP) is 3.14. The first-order valence-electron chi connectivity index (χ1n) is 7.22. The molecule has 2 saturated heterocycles. The molecule has 2 nitrogen and oxygen atoms in total. The maximum atomic E-state index is 12.5. The molecule has 1 aromatic rings. The molecule has 2 aliphatic rings. The van der Waals surface area contributed by atoms with Crippen LogP contribution in [-0.4, -0.2) is 29.8 Å². The SMILES string of the molecule is CC[C@H]1C[C@@H]2C(=O)/C(=C/c3ccccc3)C[C@H]1N2C. The van der Waals surface area contributed by atoms with Gasteiger partial charge in [-0.3, -0.25) is 9.69 Å². The number of likely N-dealkylation sites (N-methyl/N-ethyl adjacent to an activating group) is 1. The number of piperidine rings is 1. The Morgan fingerprint density at radius 1 is 1.32 bits per heavy atom. The van der Waals surface area contributed by atoms with Crippen LogP contribution in [0.4, 0.5) is 0 Å². The number of nitrogens with zero attached hydrogens (tertiary/aromatic N) is 1. The first kappa shape index (κ1) is 12.6. The Morgan fingerprint density at radius 2 is 2.05 bits per heavy atom. The summed E-state index contributed by atoms with van der Waals surface area (Å²) in [6, 6.07) is 10.9. The third-order valence-corrected chi connectivity index (χ3v) is 4.80. The number of ketones is 1. The number of fused-ring (bicyclic) bond motifs is 2. The van der Waals surface area contributed by atoms with Crippen molar-refractivity contribution in [1.82, 2.24) is 4.90 Å². The molecule has 3 rings (SSSR count).